The second-order valence-corrected chi connectivity index (χ2v) is 10.0. The highest BCUT2D eigenvalue weighted by molar-refractivity contribution is 5.68. The van der Waals surface area contributed by atoms with Crippen molar-refractivity contribution in [2.45, 2.75) is 78.2 Å². The fourth-order valence-electron chi connectivity index (χ4n) is 3.84. The van der Waals surface area contributed by atoms with E-state index in [0.29, 0.717) is 18.6 Å². The maximum absolute atomic E-state index is 13.2. The van der Waals surface area contributed by atoms with E-state index in [4.69, 9.17) is 14.2 Å². The van der Waals surface area contributed by atoms with Crippen molar-refractivity contribution in [1.82, 2.24) is 10.2 Å². The first kappa shape index (κ1) is 32.1. The third-order valence-electron chi connectivity index (χ3n) is 6.02. The van der Waals surface area contributed by atoms with Crippen LogP contribution in [0.3, 0.4) is 0 Å². The Kier molecular flexibility index (Phi) is 12.7. The van der Waals surface area contributed by atoms with Crippen LogP contribution < -0.4 is 5.32 Å². The van der Waals surface area contributed by atoms with Crippen LogP contribution in [0.25, 0.3) is 0 Å². The highest BCUT2D eigenvalue weighted by atomic mass is 16.6. The molecule has 0 aliphatic rings. The molecule has 1 unspecified atom stereocenters. The summed E-state index contributed by atoms with van der Waals surface area (Å²) in [5, 5.41) is 26.4. The summed E-state index contributed by atoms with van der Waals surface area (Å²) < 4.78 is 16.9. The van der Waals surface area contributed by atoms with E-state index in [2.05, 4.69) is 5.32 Å². The van der Waals surface area contributed by atoms with Gasteiger partial charge in [-0.05, 0) is 71.2 Å². The Morgan fingerprint density at radius 3 is 2.32 bits per heavy atom. The highest BCUT2D eigenvalue weighted by Crippen LogP contribution is 2.33. The van der Waals surface area contributed by atoms with Crippen LogP contribution in [0.15, 0.2) is 65.3 Å². The van der Waals surface area contributed by atoms with Crippen LogP contribution >= 0.6 is 0 Å². The first-order valence-electron chi connectivity index (χ1n) is 12.6. The van der Waals surface area contributed by atoms with Gasteiger partial charge in [0.15, 0.2) is 17.1 Å². The summed E-state index contributed by atoms with van der Waals surface area (Å²) in [6.45, 7) is 11.2. The lowest BCUT2D eigenvalue weighted by atomic mass is 9.84. The van der Waals surface area contributed by atoms with Crippen LogP contribution in [0.1, 0.15) is 59.9 Å². The van der Waals surface area contributed by atoms with Crippen molar-refractivity contribution in [3.05, 3.63) is 70.9 Å². The normalized spacial score (nSPS) is 15.8. The fraction of sp³-hybridized carbons (Fsp3) is 0.552. The molecule has 1 rings (SSSR count). The number of hydrogen-bond donors (Lipinski definition) is 3. The Balaban J connectivity index is 3.54. The van der Waals surface area contributed by atoms with E-state index in [1.165, 1.54) is 12.0 Å². The lowest BCUT2D eigenvalue weighted by Gasteiger charge is -2.42. The van der Waals surface area contributed by atoms with E-state index in [1.54, 1.807) is 54.1 Å². The Hall–Kier alpha value is -2.97. The van der Waals surface area contributed by atoms with Crippen LogP contribution in [0.2, 0.25) is 0 Å². The van der Waals surface area contributed by atoms with E-state index in [0.717, 1.165) is 11.1 Å². The van der Waals surface area contributed by atoms with Gasteiger partial charge in [-0.25, -0.2) is 4.79 Å². The molecule has 2 atom stereocenters. The van der Waals surface area contributed by atoms with Gasteiger partial charge in [0.05, 0.1) is 19.4 Å². The SMILES string of the molecule is C/C=C(C)\C(OC)=C(\O)C(O)(CNC)[C@H](C/C(=C\OCc1ccccc1)CC)N(C)C(=O)OC(C)(C)C. The number of likely N-dealkylation sites (N-methyl/N-ethyl adjacent to an activating group) is 2. The Morgan fingerprint density at radius 1 is 1.22 bits per heavy atom. The molecule has 0 radical (unpaired) electrons. The molecule has 0 aliphatic heterocycles. The number of hydrogen-bond acceptors (Lipinski definition) is 7. The molecule has 1 amide bonds. The standard InChI is InChI=1S/C29H46N2O6/c1-10-21(3)25(35-9)26(32)29(34,20-30-7)24(31(8)27(33)37-28(4,5)6)17-22(11-2)18-36-19-23-15-13-12-14-16-23/h10,12-16,18,24,30,32,34H,11,17,19-20H2,1-9H3/b21-10-,22-18-,26-25-/t24-,29?/m0/s1. The van der Waals surface area contributed by atoms with Gasteiger partial charge in [0, 0.05) is 13.6 Å². The molecule has 0 spiro atoms. The molecule has 0 heterocycles. The van der Waals surface area contributed by atoms with Gasteiger partial charge >= 0.3 is 6.09 Å². The second kappa shape index (κ2) is 14.7. The molecule has 0 aromatic heterocycles. The van der Waals surface area contributed by atoms with Gasteiger partial charge in [0.2, 0.25) is 0 Å². The van der Waals surface area contributed by atoms with Gasteiger partial charge < -0.3 is 34.6 Å². The van der Waals surface area contributed by atoms with Gasteiger partial charge in [0.25, 0.3) is 0 Å². The number of methoxy groups -OCH3 is 1. The Morgan fingerprint density at radius 2 is 1.84 bits per heavy atom. The summed E-state index contributed by atoms with van der Waals surface area (Å²) in [6, 6.07) is 8.87. The van der Waals surface area contributed by atoms with Crippen LogP contribution in [-0.4, -0.2) is 66.2 Å². The molecule has 0 fully saturated rings. The molecule has 0 bridgehead atoms. The fourth-order valence-corrected chi connectivity index (χ4v) is 3.84. The number of ether oxygens (including phenoxy) is 3. The predicted octanol–water partition coefficient (Wildman–Crippen LogP) is 5.46. The van der Waals surface area contributed by atoms with Crippen molar-refractivity contribution in [3.8, 4) is 0 Å². The van der Waals surface area contributed by atoms with E-state index >= 15 is 0 Å². The number of carbonyl (C=O) groups is 1. The molecule has 8 heteroatoms. The molecule has 37 heavy (non-hydrogen) atoms. The third kappa shape index (κ3) is 9.44. The van der Waals surface area contributed by atoms with Crippen molar-refractivity contribution in [2.75, 3.05) is 27.7 Å². The van der Waals surface area contributed by atoms with E-state index in [-0.39, 0.29) is 24.5 Å². The molecular formula is C29H46N2O6. The highest BCUT2D eigenvalue weighted by Gasteiger charge is 2.47. The van der Waals surface area contributed by atoms with Crippen LogP contribution in [0.4, 0.5) is 4.79 Å². The number of allylic oxidation sites excluding steroid dienone is 2. The van der Waals surface area contributed by atoms with E-state index in [9.17, 15) is 15.0 Å². The van der Waals surface area contributed by atoms with Crippen molar-refractivity contribution in [3.63, 3.8) is 0 Å². The maximum Gasteiger partial charge on any atom is 0.410 e. The van der Waals surface area contributed by atoms with Crippen LogP contribution in [0, 0.1) is 0 Å². The largest absolute Gasteiger partial charge is 0.506 e. The Bertz CT molecular complexity index is 949. The van der Waals surface area contributed by atoms with Gasteiger partial charge in [-0.1, -0.05) is 43.3 Å². The molecule has 0 saturated heterocycles. The van der Waals surface area contributed by atoms with Crippen LogP contribution in [-0.2, 0) is 20.8 Å². The predicted molar refractivity (Wildman–Crippen MR) is 147 cm³/mol. The van der Waals surface area contributed by atoms with Crippen molar-refractivity contribution < 1.29 is 29.2 Å². The minimum absolute atomic E-state index is 0.0532. The zero-order valence-corrected chi connectivity index (χ0v) is 23.9. The quantitative estimate of drug-likeness (QED) is 0.236. The van der Waals surface area contributed by atoms with E-state index in [1.807, 2.05) is 44.2 Å². The zero-order valence-electron chi connectivity index (χ0n) is 23.9. The number of nitrogens with zero attached hydrogens (tertiary/aromatic N) is 1. The lowest BCUT2D eigenvalue weighted by Crippen LogP contribution is -2.59. The average Bonchev–Trinajstić information content (AvgIpc) is 2.85. The minimum atomic E-state index is -1.91. The maximum atomic E-state index is 13.2. The third-order valence-corrected chi connectivity index (χ3v) is 6.02. The summed E-state index contributed by atoms with van der Waals surface area (Å²) in [6.07, 6.45) is 3.64. The monoisotopic (exact) mass is 518 g/mol. The average molecular weight is 519 g/mol. The number of aliphatic hydroxyl groups is 2. The summed E-state index contributed by atoms with van der Waals surface area (Å²) in [5.41, 5.74) is -0.137. The second-order valence-electron chi connectivity index (χ2n) is 10.0. The van der Waals surface area contributed by atoms with Crippen molar-refractivity contribution in [1.29, 1.82) is 0 Å². The van der Waals surface area contributed by atoms with Crippen molar-refractivity contribution in [2.24, 2.45) is 0 Å². The molecule has 8 nitrogen and oxygen atoms in total. The molecule has 208 valence electrons. The molecule has 1 aromatic carbocycles. The van der Waals surface area contributed by atoms with Crippen molar-refractivity contribution >= 4 is 6.09 Å². The number of aliphatic hydroxyl groups excluding tert-OH is 1. The van der Waals surface area contributed by atoms with Gasteiger partial charge in [-0.3, -0.25) is 0 Å². The number of rotatable bonds is 13. The lowest BCUT2D eigenvalue weighted by molar-refractivity contribution is -0.0503. The van der Waals surface area contributed by atoms with Gasteiger partial charge in [-0.2, -0.15) is 0 Å². The molecular weight excluding hydrogens is 472 g/mol. The molecule has 0 aliphatic carbocycles. The number of carbonyl (C=O) groups excluding carboxylic acids is 1. The smallest absolute Gasteiger partial charge is 0.410 e. The molecule has 0 saturated carbocycles. The first-order valence-corrected chi connectivity index (χ1v) is 12.6. The summed E-state index contributed by atoms with van der Waals surface area (Å²) in [5.74, 6) is -0.230. The summed E-state index contributed by atoms with van der Waals surface area (Å²) >= 11 is 0. The number of benzene rings is 1. The molecule has 3 N–H and O–H groups in total. The number of amides is 1. The minimum Gasteiger partial charge on any atom is -0.506 e. The topological polar surface area (TPSA) is 100 Å². The van der Waals surface area contributed by atoms with E-state index < -0.39 is 23.3 Å². The number of nitrogens with one attached hydrogen (secondary N) is 1. The molecule has 1 aromatic rings. The van der Waals surface area contributed by atoms with Crippen LogP contribution in [0.5, 0.6) is 0 Å². The summed E-state index contributed by atoms with van der Waals surface area (Å²) in [7, 11) is 4.65. The van der Waals surface area contributed by atoms with Gasteiger partial charge in [-0.15, -0.1) is 0 Å². The first-order chi connectivity index (χ1) is 17.3. The Labute approximate surface area is 222 Å². The zero-order chi connectivity index (χ0) is 28.2. The summed E-state index contributed by atoms with van der Waals surface area (Å²) in [4.78, 5) is 14.5. The van der Waals surface area contributed by atoms with Gasteiger partial charge in [0.1, 0.15) is 12.2 Å².